The van der Waals surface area contributed by atoms with E-state index in [0.29, 0.717) is 19.3 Å². The second-order valence-electron chi connectivity index (χ2n) is 13.8. The van der Waals surface area contributed by atoms with Crippen LogP contribution in [0.15, 0.2) is 11.6 Å². The number of aliphatic hydroxyl groups is 8. The summed E-state index contributed by atoms with van der Waals surface area (Å²) < 4.78 is 16.7. The van der Waals surface area contributed by atoms with Crippen molar-refractivity contribution in [2.24, 2.45) is 28.6 Å². The number of hydrogen-bond donors (Lipinski definition) is 8. The molecule has 6 rings (SSSR count). The van der Waals surface area contributed by atoms with Gasteiger partial charge in [0.15, 0.2) is 6.29 Å². The maximum Gasteiger partial charge on any atom is 0.331 e. The predicted molar refractivity (Wildman–Crippen MR) is 139 cm³/mol. The molecule has 4 saturated carbocycles. The van der Waals surface area contributed by atoms with E-state index in [2.05, 4.69) is 0 Å². The van der Waals surface area contributed by atoms with Gasteiger partial charge in [0.1, 0.15) is 24.9 Å². The molecule has 4 aliphatic carbocycles. The first-order chi connectivity index (χ1) is 19.2. The molecule has 0 bridgehead atoms. The third-order valence-corrected chi connectivity index (χ3v) is 12.2. The SMILES string of the molecule is C[C@H]1O[C@@H](O[C@H]2C[C@@H](O)[C@]3(CO)[C@H]4[C@H](O)C[C@]5(C)[C@@H](C6=CC(=O)OC6)CC[C@]5(O)[C@H]4CC[C@]3(O)C2)[C@@H](O)[C@@H](O)[C@H]1O. The topological polar surface area (TPSA) is 207 Å². The first kappa shape index (κ1) is 29.9. The van der Waals surface area contributed by atoms with E-state index in [1.807, 2.05) is 6.92 Å². The molecule has 0 aromatic heterocycles. The molecule has 12 heteroatoms. The summed E-state index contributed by atoms with van der Waals surface area (Å²) in [7, 11) is 0. The molecule has 15 atom stereocenters. The van der Waals surface area contributed by atoms with Gasteiger partial charge in [-0.05, 0) is 56.4 Å². The molecule has 0 aromatic carbocycles. The minimum Gasteiger partial charge on any atom is -0.458 e. The lowest BCUT2D eigenvalue weighted by Crippen LogP contribution is -2.76. The van der Waals surface area contributed by atoms with Crippen molar-refractivity contribution in [1.29, 1.82) is 0 Å². The lowest BCUT2D eigenvalue weighted by Gasteiger charge is -2.68. The minimum absolute atomic E-state index is 0.0369. The number of aliphatic hydroxyl groups excluding tert-OH is 6. The lowest BCUT2D eigenvalue weighted by atomic mass is 9.40. The summed E-state index contributed by atoms with van der Waals surface area (Å²) in [6.45, 7) is 3.00. The summed E-state index contributed by atoms with van der Waals surface area (Å²) in [5.41, 5.74) is -4.46. The molecule has 0 radical (unpaired) electrons. The number of carbonyl (C=O) groups excluding carboxylic acids is 1. The van der Waals surface area contributed by atoms with Crippen LogP contribution >= 0.6 is 0 Å². The minimum atomic E-state index is -1.67. The molecule has 2 aliphatic heterocycles. The van der Waals surface area contributed by atoms with Crippen molar-refractivity contribution in [1.82, 2.24) is 0 Å². The van der Waals surface area contributed by atoms with E-state index in [1.165, 1.54) is 13.0 Å². The third-order valence-electron chi connectivity index (χ3n) is 12.2. The fourth-order valence-corrected chi connectivity index (χ4v) is 10.1. The van der Waals surface area contributed by atoms with Gasteiger partial charge in [0, 0.05) is 30.3 Å². The molecule has 6 aliphatic rings. The van der Waals surface area contributed by atoms with Crippen molar-refractivity contribution in [3.8, 4) is 0 Å². The molecule has 232 valence electrons. The average molecular weight is 585 g/mol. The number of fused-ring (bicyclic) bond motifs is 5. The van der Waals surface area contributed by atoms with Gasteiger partial charge in [-0.2, -0.15) is 0 Å². The van der Waals surface area contributed by atoms with E-state index < -0.39 is 95.5 Å². The average Bonchev–Trinajstić information content (AvgIpc) is 3.45. The summed E-state index contributed by atoms with van der Waals surface area (Å²) in [5, 5.41) is 89.6. The summed E-state index contributed by atoms with van der Waals surface area (Å²) in [6, 6.07) is 0. The zero-order valence-corrected chi connectivity index (χ0v) is 23.5. The summed E-state index contributed by atoms with van der Waals surface area (Å²) in [5.74, 6) is -1.93. The van der Waals surface area contributed by atoms with Gasteiger partial charge in [0.25, 0.3) is 0 Å². The van der Waals surface area contributed by atoms with E-state index in [9.17, 15) is 45.6 Å². The molecular formula is C29H44O12. The van der Waals surface area contributed by atoms with Crippen LogP contribution in [-0.4, -0.2) is 120 Å². The molecule has 0 aromatic rings. The zero-order chi connectivity index (χ0) is 29.7. The largest absolute Gasteiger partial charge is 0.458 e. The molecule has 12 nitrogen and oxygen atoms in total. The van der Waals surface area contributed by atoms with Crippen LogP contribution in [0, 0.1) is 28.6 Å². The van der Waals surface area contributed by atoms with Gasteiger partial charge in [-0.3, -0.25) is 0 Å². The molecule has 0 unspecified atom stereocenters. The first-order valence-electron chi connectivity index (χ1n) is 14.9. The lowest BCUT2D eigenvalue weighted by molar-refractivity contribution is -0.342. The van der Waals surface area contributed by atoms with E-state index >= 15 is 0 Å². The number of esters is 1. The molecule has 1 saturated heterocycles. The van der Waals surface area contributed by atoms with Crippen LogP contribution in [0.2, 0.25) is 0 Å². The maximum atomic E-state index is 12.4. The highest BCUT2D eigenvalue weighted by molar-refractivity contribution is 5.85. The Morgan fingerprint density at radius 2 is 1.76 bits per heavy atom. The molecule has 0 amide bonds. The van der Waals surface area contributed by atoms with Crippen LogP contribution in [0.4, 0.5) is 0 Å². The van der Waals surface area contributed by atoms with E-state index in [4.69, 9.17) is 14.2 Å². The quantitative estimate of drug-likeness (QED) is 0.140. The normalized spacial score (nSPS) is 56.9. The molecule has 0 spiro atoms. The standard InChI is InChI=1S/C29H44O12/c1-13-22(34)23(35)24(36)25(40-13)41-15-8-19(32)28(12-30)21-17(3-5-27(28,37)9-15)29(38)6-4-16(14-7-20(33)39-11-14)26(29,2)10-18(21)31/h7,13,15-19,21-25,30-32,34-38H,3-6,8-12H2,1-2H3/t13-,15+,16-,17+,18-,19-,21-,22+,23+,24+,25+,26-,27+,28-,29+/m1/s1. The number of ether oxygens (including phenoxy) is 3. The van der Waals surface area contributed by atoms with E-state index in [-0.39, 0.29) is 38.2 Å². The number of cyclic esters (lactones) is 1. The zero-order valence-electron chi connectivity index (χ0n) is 23.5. The Labute approximate surface area is 238 Å². The summed E-state index contributed by atoms with van der Waals surface area (Å²) in [6.07, 6.45) is -6.68. The summed E-state index contributed by atoms with van der Waals surface area (Å²) >= 11 is 0. The Bertz CT molecular complexity index is 1080. The van der Waals surface area contributed by atoms with Crippen LogP contribution in [0.1, 0.15) is 58.8 Å². The first-order valence-corrected chi connectivity index (χ1v) is 14.9. The van der Waals surface area contributed by atoms with Crippen molar-refractivity contribution in [2.45, 2.75) is 119 Å². The second kappa shape index (κ2) is 9.91. The maximum absolute atomic E-state index is 12.4. The summed E-state index contributed by atoms with van der Waals surface area (Å²) in [4.78, 5) is 11.8. The highest BCUT2D eigenvalue weighted by Crippen LogP contribution is 2.70. The third kappa shape index (κ3) is 3.99. The van der Waals surface area contributed by atoms with Crippen LogP contribution in [-0.2, 0) is 19.0 Å². The Kier molecular flexibility index (Phi) is 7.22. The van der Waals surface area contributed by atoms with Crippen molar-refractivity contribution in [2.75, 3.05) is 13.2 Å². The molecule has 8 N–H and O–H groups in total. The Morgan fingerprint density at radius 1 is 1.02 bits per heavy atom. The molecule has 41 heavy (non-hydrogen) atoms. The fraction of sp³-hybridized carbons (Fsp3) is 0.897. The highest BCUT2D eigenvalue weighted by Gasteiger charge is 2.75. The van der Waals surface area contributed by atoms with Gasteiger partial charge in [-0.1, -0.05) is 6.92 Å². The van der Waals surface area contributed by atoms with Crippen molar-refractivity contribution in [3.05, 3.63) is 11.6 Å². The highest BCUT2D eigenvalue weighted by atomic mass is 16.7. The smallest absolute Gasteiger partial charge is 0.331 e. The fourth-order valence-electron chi connectivity index (χ4n) is 10.1. The Morgan fingerprint density at radius 3 is 2.41 bits per heavy atom. The van der Waals surface area contributed by atoms with Gasteiger partial charge < -0.3 is 55.1 Å². The van der Waals surface area contributed by atoms with E-state index in [1.54, 1.807) is 0 Å². The molecule has 2 heterocycles. The van der Waals surface area contributed by atoms with Gasteiger partial charge >= 0.3 is 5.97 Å². The van der Waals surface area contributed by atoms with Gasteiger partial charge in [-0.15, -0.1) is 0 Å². The van der Waals surface area contributed by atoms with Crippen LogP contribution < -0.4 is 0 Å². The van der Waals surface area contributed by atoms with E-state index in [0.717, 1.165) is 5.57 Å². The van der Waals surface area contributed by atoms with Crippen LogP contribution in [0.5, 0.6) is 0 Å². The van der Waals surface area contributed by atoms with Gasteiger partial charge in [0.2, 0.25) is 0 Å². The number of rotatable bonds is 4. The van der Waals surface area contributed by atoms with Crippen molar-refractivity contribution in [3.63, 3.8) is 0 Å². The van der Waals surface area contributed by atoms with Crippen LogP contribution in [0.3, 0.4) is 0 Å². The Balaban J connectivity index is 1.28. The van der Waals surface area contributed by atoms with Crippen LogP contribution in [0.25, 0.3) is 0 Å². The van der Waals surface area contributed by atoms with Gasteiger partial charge in [0.05, 0.1) is 47.6 Å². The molecular weight excluding hydrogens is 540 g/mol. The monoisotopic (exact) mass is 584 g/mol. The predicted octanol–water partition coefficient (Wildman–Crippen LogP) is -1.51. The molecule has 5 fully saturated rings. The van der Waals surface area contributed by atoms with Crippen molar-refractivity contribution < 1.29 is 59.9 Å². The second-order valence-corrected chi connectivity index (χ2v) is 13.8. The number of carbonyl (C=O) groups is 1. The number of hydrogen-bond acceptors (Lipinski definition) is 12. The van der Waals surface area contributed by atoms with Gasteiger partial charge in [-0.25, -0.2) is 4.79 Å². The van der Waals surface area contributed by atoms with Crippen molar-refractivity contribution >= 4 is 5.97 Å². The Hall–Kier alpha value is -1.19.